The largest absolute Gasteiger partial charge is 0.497 e. The second-order valence-electron chi connectivity index (χ2n) is 6.04. The molecule has 4 heteroatoms. The first-order chi connectivity index (χ1) is 11.0. The molecule has 0 aliphatic carbocycles. The highest BCUT2D eigenvalue weighted by atomic mass is 16.5. The molecule has 0 saturated heterocycles. The zero-order valence-corrected chi connectivity index (χ0v) is 13.8. The van der Waals surface area contributed by atoms with Gasteiger partial charge < -0.3 is 14.8 Å². The lowest BCUT2D eigenvalue weighted by Crippen LogP contribution is -2.47. The van der Waals surface area contributed by atoms with Gasteiger partial charge in [-0.3, -0.25) is 4.79 Å². The summed E-state index contributed by atoms with van der Waals surface area (Å²) in [6.07, 6.45) is 0. The van der Waals surface area contributed by atoms with Crippen LogP contribution in [0.4, 0.5) is 0 Å². The van der Waals surface area contributed by atoms with Crippen molar-refractivity contribution in [3.05, 3.63) is 65.7 Å². The summed E-state index contributed by atoms with van der Waals surface area (Å²) >= 11 is 0. The van der Waals surface area contributed by atoms with Gasteiger partial charge in [0.1, 0.15) is 5.75 Å². The molecular formula is C19H23NO3. The van der Waals surface area contributed by atoms with Gasteiger partial charge in [-0.25, -0.2) is 0 Å². The third-order valence-corrected chi connectivity index (χ3v) is 3.38. The summed E-state index contributed by atoms with van der Waals surface area (Å²) in [6.45, 7) is 4.85. The van der Waals surface area contributed by atoms with Crippen LogP contribution in [0.25, 0.3) is 0 Å². The molecule has 0 aliphatic rings. The van der Waals surface area contributed by atoms with Crippen LogP contribution in [0, 0.1) is 0 Å². The Bertz CT molecular complexity index is 621. The van der Waals surface area contributed by atoms with Gasteiger partial charge in [-0.15, -0.1) is 0 Å². The Morgan fingerprint density at radius 2 is 1.70 bits per heavy atom. The minimum atomic E-state index is -0.453. The fourth-order valence-electron chi connectivity index (χ4n) is 2.16. The topological polar surface area (TPSA) is 47.6 Å². The van der Waals surface area contributed by atoms with Gasteiger partial charge in [0, 0.05) is 5.56 Å². The van der Waals surface area contributed by atoms with Crippen LogP contribution in [-0.4, -0.2) is 25.2 Å². The fraction of sp³-hybridized carbons (Fsp3) is 0.316. The van der Waals surface area contributed by atoms with Crippen LogP contribution in [0.1, 0.15) is 29.8 Å². The number of benzene rings is 2. The van der Waals surface area contributed by atoms with Crippen molar-refractivity contribution < 1.29 is 14.3 Å². The molecule has 0 atom stereocenters. The number of rotatable bonds is 7. The molecule has 2 aromatic rings. The van der Waals surface area contributed by atoms with Crippen LogP contribution in [0.2, 0.25) is 0 Å². The SMILES string of the molecule is COc1ccc(C(=O)NC(C)(C)COCc2ccccc2)cc1. The second kappa shape index (κ2) is 7.79. The van der Waals surface area contributed by atoms with E-state index < -0.39 is 5.54 Å². The van der Waals surface area contributed by atoms with E-state index in [-0.39, 0.29) is 5.91 Å². The summed E-state index contributed by atoms with van der Waals surface area (Å²) in [4.78, 5) is 12.3. The van der Waals surface area contributed by atoms with Crippen molar-refractivity contribution in [2.75, 3.05) is 13.7 Å². The van der Waals surface area contributed by atoms with Crippen molar-refractivity contribution in [2.45, 2.75) is 26.0 Å². The van der Waals surface area contributed by atoms with E-state index in [0.29, 0.717) is 18.8 Å². The van der Waals surface area contributed by atoms with E-state index in [1.54, 1.807) is 31.4 Å². The first kappa shape index (κ1) is 17.0. The summed E-state index contributed by atoms with van der Waals surface area (Å²) < 4.78 is 10.8. The molecular weight excluding hydrogens is 290 g/mol. The minimum Gasteiger partial charge on any atom is -0.497 e. The van der Waals surface area contributed by atoms with E-state index in [4.69, 9.17) is 9.47 Å². The highest BCUT2D eigenvalue weighted by molar-refractivity contribution is 5.94. The standard InChI is InChI=1S/C19H23NO3/c1-19(2,14-23-13-15-7-5-4-6-8-15)20-18(21)16-9-11-17(22-3)12-10-16/h4-12H,13-14H2,1-3H3,(H,20,21). The predicted molar refractivity (Wildman–Crippen MR) is 90.6 cm³/mol. The van der Waals surface area contributed by atoms with E-state index in [2.05, 4.69) is 5.32 Å². The van der Waals surface area contributed by atoms with E-state index in [9.17, 15) is 4.79 Å². The third-order valence-electron chi connectivity index (χ3n) is 3.38. The number of nitrogens with one attached hydrogen (secondary N) is 1. The maximum absolute atomic E-state index is 12.3. The van der Waals surface area contributed by atoms with Gasteiger partial charge in [-0.1, -0.05) is 30.3 Å². The maximum Gasteiger partial charge on any atom is 0.251 e. The van der Waals surface area contributed by atoms with Crippen molar-refractivity contribution in [1.29, 1.82) is 0 Å². The number of amides is 1. The van der Waals surface area contributed by atoms with Gasteiger partial charge in [0.2, 0.25) is 0 Å². The Hall–Kier alpha value is -2.33. The number of methoxy groups -OCH3 is 1. The molecule has 1 amide bonds. The monoisotopic (exact) mass is 313 g/mol. The van der Waals surface area contributed by atoms with E-state index in [0.717, 1.165) is 11.3 Å². The highest BCUT2D eigenvalue weighted by Gasteiger charge is 2.21. The summed E-state index contributed by atoms with van der Waals surface area (Å²) in [5.41, 5.74) is 1.26. The van der Waals surface area contributed by atoms with Gasteiger partial charge in [-0.2, -0.15) is 0 Å². The summed E-state index contributed by atoms with van der Waals surface area (Å²) in [6, 6.07) is 17.0. The molecule has 0 aliphatic heterocycles. The molecule has 0 spiro atoms. The van der Waals surface area contributed by atoms with Gasteiger partial charge in [-0.05, 0) is 43.7 Å². The molecule has 0 fully saturated rings. The molecule has 4 nitrogen and oxygen atoms in total. The zero-order valence-electron chi connectivity index (χ0n) is 13.8. The summed E-state index contributed by atoms with van der Waals surface area (Å²) in [7, 11) is 1.60. The van der Waals surface area contributed by atoms with Crippen molar-refractivity contribution in [3.63, 3.8) is 0 Å². The zero-order chi connectivity index (χ0) is 16.7. The molecule has 0 unspecified atom stereocenters. The Morgan fingerprint density at radius 3 is 2.30 bits per heavy atom. The highest BCUT2D eigenvalue weighted by Crippen LogP contribution is 2.13. The van der Waals surface area contributed by atoms with E-state index in [1.807, 2.05) is 44.2 Å². The average Bonchev–Trinajstić information content (AvgIpc) is 2.55. The van der Waals surface area contributed by atoms with E-state index in [1.165, 1.54) is 0 Å². The number of hydrogen-bond donors (Lipinski definition) is 1. The van der Waals surface area contributed by atoms with Crippen LogP contribution in [0.5, 0.6) is 5.75 Å². The predicted octanol–water partition coefficient (Wildman–Crippen LogP) is 3.42. The number of ether oxygens (including phenoxy) is 2. The van der Waals surface area contributed by atoms with Gasteiger partial charge in [0.25, 0.3) is 5.91 Å². The molecule has 2 rings (SSSR count). The minimum absolute atomic E-state index is 0.124. The quantitative estimate of drug-likeness (QED) is 0.852. The van der Waals surface area contributed by atoms with Crippen molar-refractivity contribution in [1.82, 2.24) is 5.32 Å². The number of carbonyl (C=O) groups excluding carboxylic acids is 1. The lowest BCUT2D eigenvalue weighted by atomic mass is 10.1. The first-order valence-corrected chi connectivity index (χ1v) is 7.58. The molecule has 0 aromatic heterocycles. The lowest BCUT2D eigenvalue weighted by Gasteiger charge is -2.26. The van der Waals surface area contributed by atoms with Gasteiger partial charge >= 0.3 is 0 Å². The molecule has 0 radical (unpaired) electrons. The summed E-state index contributed by atoms with van der Waals surface area (Å²) in [5.74, 6) is 0.605. The fourth-order valence-corrected chi connectivity index (χ4v) is 2.16. The maximum atomic E-state index is 12.3. The molecule has 2 aromatic carbocycles. The molecule has 1 N–H and O–H groups in total. The van der Waals surface area contributed by atoms with Crippen LogP contribution in [-0.2, 0) is 11.3 Å². The molecule has 0 saturated carbocycles. The van der Waals surface area contributed by atoms with Crippen LogP contribution in [0.3, 0.4) is 0 Å². The van der Waals surface area contributed by atoms with Crippen molar-refractivity contribution in [2.24, 2.45) is 0 Å². The first-order valence-electron chi connectivity index (χ1n) is 7.58. The van der Waals surface area contributed by atoms with Crippen LogP contribution < -0.4 is 10.1 Å². The number of hydrogen-bond acceptors (Lipinski definition) is 3. The Labute approximate surface area is 137 Å². The molecule has 0 heterocycles. The van der Waals surface area contributed by atoms with Crippen LogP contribution >= 0.6 is 0 Å². The molecule has 0 bridgehead atoms. The van der Waals surface area contributed by atoms with Gasteiger partial charge in [0.05, 0.1) is 25.9 Å². The normalized spacial score (nSPS) is 11.1. The molecule has 23 heavy (non-hydrogen) atoms. The number of carbonyl (C=O) groups is 1. The van der Waals surface area contributed by atoms with Crippen molar-refractivity contribution >= 4 is 5.91 Å². The third kappa shape index (κ3) is 5.42. The molecule has 122 valence electrons. The Balaban J connectivity index is 1.85. The Kier molecular flexibility index (Phi) is 5.77. The van der Waals surface area contributed by atoms with E-state index >= 15 is 0 Å². The lowest BCUT2D eigenvalue weighted by molar-refractivity contribution is 0.0617. The summed E-state index contributed by atoms with van der Waals surface area (Å²) in [5, 5.41) is 2.99. The van der Waals surface area contributed by atoms with Gasteiger partial charge in [0.15, 0.2) is 0 Å². The van der Waals surface area contributed by atoms with Crippen molar-refractivity contribution in [3.8, 4) is 5.75 Å². The van der Waals surface area contributed by atoms with Crippen LogP contribution in [0.15, 0.2) is 54.6 Å². The smallest absolute Gasteiger partial charge is 0.251 e. The second-order valence-corrected chi connectivity index (χ2v) is 6.04. The Morgan fingerprint density at radius 1 is 1.04 bits per heavy atom. The average molecular weight is 313 g/mol.